The molecule has 3 aromatic rings. The van der Waals surface area contributed by atoms with Crippen molar-refractivity contribution < 1.29 is 14.3 Å². The van der Waals surface area contributed by atoms with E-state index in [0.29, 0.717) is 32.5 Å². The molecule has 0 aromatic heterocycles. The van der Waals surface area contributed by atoms with Gasteiger partial charge >= 0.3 is 0 Å². The van der Waals surface area contributed by atoms with Crippen LogP contribution in [0.1, 0.15) is 16.7 Å². The molecular formula is C28H30N2O3. The molecule has 1 unspecified atom stereocenters. The molecule has 0 radical (unpaired) electrons. The Bertz CT molecular complexity index is 1120. The summed E-state index contributed by atoms with van der Waals surface area (Å²) in [4.78, 5) is 27.6. The quantitative estimate of drug-likeness (QED) is 0.627. The third-order valence-corrected chi connectivity index (χ3v) is 6.22. The van der Waals surface area contributed by atoms with E-state index in [2.05, 4.69) is 42.6 Å². The molecule has 0 saturated carbocycles. The molecule has 33 heavy (non-hydrogen) atoms. The van der Waals surface area contributed by atoms with Crippen LogP contribution < -0.4 is 10.1 Å². The second kappa shape index (κ2) is 10.3. The lowest BCUT2D eigenvalue weighted by molar-refractivity contribution is -0.131. The highest BCUT2D eigenvalue weighted by atomic mass is 16.5. The molecule has 0 spiro atoms. The van der Waals surface area contributed by atoms with Gasteiger partial charge in [-0.15, -0.1) is 0 Å². The summed E-state index contributed by atoms with van der Waals surface area (Å²) in [6.07, 6.45) is 0.908. The zero-order valence-corrected chi connectivity index (χ0v) is 19.2. The van der Waals surface area contributed by atoms with E-state index in [4.69, 9.17) is 4.74 Å². The van der Waals surface area contributed by atoms with Gasteiger partial charge in [0.15, 0.2) is 0 Å². The number of amides is 2. The number of methoxy groups -OCH3 is 1. The maximum Gasteiger partial charge on any atom is 0.227 e. The zero-order valence-electron chi connectivity index (χ0n) is 19.2. The van der Waals surface area contributed by atoms with Crippen molar-refractivity contribution in [2.24, 2.45) is 5.92 Å². The molecule has 0 bridgehead atoms. The summed E-state index contributed by atoms with van der Waals surface area (Å²) in [6.45, 7) is 3.54. The van der Waals surface area contributed by atoms with Gasteiger partial charge in [0, 0.05) is 19.6 Å². The molecule has 2 amide bonds. The number of carbonyl (C=O) groups is 2. The van der Waals surface area contributed by atoms with E-state index >= 15 is 0 Å². The number of hydrogen-bond acceptors (Lipinski definition) is 3. The number of ether oxygens (including phenoxy) is 1. The second-order valence-electron chi connectivity index (χ2n) is 8.57. The highest BCUT2D eigenvalue weighted by Gasteiger charge is 2.28. The first-order valence-corrected chi connectivity index (χ1v) is 11.4. The van der Waals surface area contributed by atoms with Crippen LogP contribution in [-0.4, -0.2) is 43.5 Å². The number of hydrogen-bond donors (Lipinski definition) is 1. The second-order valence-corrected chi connectivity index (χ2v) is 8.57. The van der Waals surface area contributed by atoms with Crippen LogP contribution in [0.5, 0.6) is 5.75 Å². The van der Waals surface area contributed by atoms with E-state index in [1.165, 1.54) is 11.1 Å². The van der Waals surface area contributed by atoms with E-state index in [1.54, 1.807) is 7.11 Å². The van der Waals surface area contributed by atoms with Crippen LogP contribution >= 0.6 is 0 Å². The van der Waals surface area contributed by atoms with Crippen molar-refractivity contribution >= 4 is 11.8 Å². The minimum atomic E-state index is -0.278. The first-order chi connectivity index (χ1) is 16.0. The van der Waals surface area contributed by atoms with E-state index in [-0.39, 0.29) is 17.7 Å². The molecule has 1 atom stereocenters. The van der Waals surface area contributed by atoms with Gasteiger partial charge in [-0.1, -0.05) is 60.7 Å². The number of benzene rings is 3. The number of nitrogens with one attached hydrogen (secondary N) is 1. The number of rotatable bonds is 6. The molecule has 3 aromatic carbocycles. The molecule has 1 heterocycles. The molecule has 1 saturated heterocycles. The fourth-order valence-corrected chi connectivity index (χ4v) is 4.36. The zero-order chi connectivity index (χ0) is 23.2. The molecule has 5 nitrogen and oxygen atoms in total. The van der Waals surface area contributed by atoms with Gasteiger partial charge in [-0.3, -0.25) is 9.59 Å². The summed E-state index contributed by atoms with van der Waals surface area (Å²) in [6, 6.07) is 24.2. The number of nitrogens with zero attached hydrogens (tertiary/aromatic N) is 1. The van der Waals surface area contributed by atoms with Crippen LogP contribution in [0, 0.1) is 12.8 Å². The van der Waals surface area contributed by atoms with Gasteiger partial charge in [-0.05, 0) is 53.3 Å². The molecule has 1 aliphatic rings. The molecule has 170 valence electrons. The Morgan fingerprint density at radius 1 is 1.03 bits per heavy atom. The predicted octanol–water partition coefficient (Wildman–Crippen LogP) is 4.03. The Balaban J connectivity index is 1.47. The van der Waals surface area contributed by atoms with Crippen LogP contribution in [0.3, 0.4) is 0 Å². The average Bonchev–Trinajstić information content (AvgIpc) is 3.01. The summed E-state index contributed by atoms with van der Waals surface area (Å²) in [5.74, 6) is 0.537. The topological polar surface area (TPSA) is 58.6 Å². The smallest absolute Gasteiger partial charge is 0.227 e. The Morgan fingerprint density at radius 2 is 1.82 bits per heavy atom. The first-order valence-electron chi connectivity index (χ1n) is 11.4. The Morgan fingerprint density at radius 3 is 2.58 bits per heavy atom. The van der Waals surface area contributed by atoms with Crippen LogP contribution in [-0.2, 0) is 22.4 Å². The van der Waals surface area contributed by atoms with Crippen molar-refractivity contribution in [3.8, 4) is 16.9 Å². The average molecular weight is 443 g/mol. The van der Waals surface area contributed by atoms with Crippen molar-refractivity contribution in [2.75, 3.05) is 26.7 Å². The van der Waals surface area contributed by atoms with Crippen molar-refractivity contribution in [2.45, 2.75) is 19.8 Å². The molecule has 5 heteroatoms. The number of carbonyl (C=O) groups excluding carboxylic acids is 2. The van der Waals surface area contributed by atoms with Crippen LogP contribution in [0.4, 0.5) is 0 Å². The lowest BCUT2D eigenvalue weighted by atomic mass is 9.94. The van der Waals surface area contributed by atoms with Crippen LogP contribution in [0.15, 0.2) is 72.8 Å². The molecule has 0 aliphatic carbocycles. The highest BCUT2D eigenvalue weighted by Crippen LogP contribution is 2.25. The van der Waals surface area contributed by atoms with Gasteiger partial charge in [-0.2, -0.15) is 0 Å². The van der Waals surface area contributed by atoms with Gasteiger partial charge in [0.1, 0.15) is 5.75 Å². The minimum Gasteiger partial charge on any atom is -0.497 e. The van der Waals surface area contributed by atoms with Gasteiger partial charge in [0.05, 0.1) is 19.4 Å². The summed E-state index contributed by atoms with van der Waals surface area (Å²) in [5, 5.41) is 2.98. The van der Waals surface area contributed by atoms with E-state index in [0.717, 1.165) is 22.4 Å². The fraction of sp³-hybridized carbons (Fsp3) is 0.286. The number of aryl methyl sites for hydroxylation is 1. The standard InChI is InChI=1S/C28H30N2O3/c1-20-6-3-4-9-26(20)23-8-5-7-22(16-23)17-24-19-30(15-14-29-28(24)32)27(31)18-21-10-12-25(33-2)13-11-21/h3-13,16,24H,14-15,17-19H2,1-2H3,(H,29,32). The Hall–Kier alpha value is -3.60. The summed E-state index contributed by atoms with van der Waals surface area (Å²) in [5.41, 5.74) is 5.59. The summed E-state index contributed by atoms with van der Waals surface area (Å²) in [7, 11) is 1.62. The van der Waals surface area contributed by atoms with Crippen molar-refractivity contribution in [1.82, 2.24) is 10.2 Å². The van der Waals surface area contributed by atoms with E-state index in [9.17, 15) is 9.59 Å². The lowest BCUT2D eigenvalue weighted by Gasteiger charge is -2.23. The van der Waals surface area contributed by atoms with Crippen molar-refractivity contribution in [3.63, 3.8) is 0 Å². The summed E-state index contributed by atoms with van der Waals surface area (Å²) >= 11 is 0. The van der Waals surface area contributed by atoms with Gasteiger partial charge in [0.25, 0.3) is 0 Å². The third kappa shape index (κ3) is 5.61. The first kappa shape index (κ1) is 22.6. The largest absolute Gasteiger partial charge is 0.497 e. The van der Waals surface area contributed by atoms with Gasteiger partial charge in [0.2, 0.25) is 11.8 Å². The monoisotopic (exact) mass is 442 g/mol. The van der Waals surface area contributed by atoms with Crippen LogP contribution in [0.2, 0.25) is 0 Å². The van der Waals surface area contributed by atoms with Crippen LogP contribution in [0.25, 0.3) is 11.1 Å². The molecule has 4 rings (SSSR count). The lowest BCUT2D eigenvalue weighted by Crippen LogP contribution is -2.38. The van der Waals surface area contributed by atoms with Crippen molar-refractivity contribution in [3.05, 3.63) is 89.5 Å². The van der Waals surface area contributed by atoms with Gasteiger partial charge < -0.3 is 15.0 Å². The maximum atomic E-state index is 13.0. The third-order valence-electron chi connectivity index (χ3n) is 6.22. The van der Waals surface area contributed by atoms with E-state index in [1.807, 2.05) is 47.4 Å². The van der Waals surface area contributed by atoms with Crippen molar-refractivity contribution in [1.29, 1.82) is 0 Å². The molecular weight excluding hydrogens is 412 g/mol. The van der Waals surface area contributed by atoms with E-state index < -0.39 is 0 Å². The molecule has 1 fully saturated rings. The highest BCUT2D eigenvalue weighted by molar-refractivity contribution is 5.83. The molecule has 1 N–H and O–H groups in total. The maximum absolute atomic E-state index is 13.0. The fourth-order valence-electron chi connectivity index (χ4n) is 4.36. The predicted molar refractivity (Wildman–Crippen MR) is 130 cm³/mol. The van der Waals surface area contributed by atoms with Gasteiger partial charge in [-0.25, -0.2) is 0 Å². The normalized spacial score (nSPS) is 16.1. The SMILES string of the molecule is COc1ccc(CC(=O)N2CCNC(=O)C(Cc3cccc(-c4ccccc4C)c3)C2)cc1. The minimum absolute atomic E-state index is 0.0102. The Labute approximate surface area is 195 Å². The summed E-state index contributed by atoms with van der Waals surface area (Å²) < 4.78 is 5.19. The molecule has 1 aliphatic heterocycles. The Kier molecular flexibility index (Phi) is 7.08.